The van der Waals surface area contributed by atoms with Crippen LogP contribution < -0.4 is 0 Å². The molecule has 146 valence electrons. The molecule has 0 bridgehead atoms. The van der Waals surface area contributed by atoms with E-state index in [1.807, 2.05) is 0 Å². The molecular formula is C23H24ClNO3. The molecule has 28 heavy (non-hydrogen) atoms. The molecule has 4 nitrogen and oxygen atoms in total. The maximum atomic E-state index is 13.3. The van der Waals surface area contributed by atoms with Crippen molar-refractivity contribution < 1.29 is 14.3 Å². The van der Waals surface area contributed by atoms with E-state index in [0.717, 1.165) is 25.1 Å². The lowest BCUT2D eigenvalue weighted by molar-refractivity contribution is -0.152. The van der Waals surface area contributed by atoms with Crippen molar-refractivity contribution in [1.29, 1.82) is 0 Å². The number of carbonyl (C=O) groups excluding carboxylic acids is 2. The van der Waals surface area contributed by atoms with Gasteiger partial charge in [-0.05, 0) is 61.1 Å². The lowest BCUT2D eigenvalue weighted by Crippen LogP contribution is -2.43. The van der Waals surface area contributed by atoms with E-state index in [1.165, 1.54) is 11.1 Å². The SMILES string of the molecule is CCOC(=O)C1(CCN2CCc3ccccc3C2)Cc2cc(Cl)ccc2C1=O. The summed E-state index contributed by atoms with van der Waals surface area (Å²) in [6.07, 6.45) is 1.82. The minimum atomic E-state index is -1.14. The summed E-state index contributed by atoms with van der Waals surface area (Å²) in [5, 5.41) is 0.582. The number of rotatable bonds is 5. The van der Waals surface area contributed by atoms with Crippen LogP contribution in [-0.2, 0) is 28.9 Å². The normalized spacial score (nSPS) is 21.3. The second-order valence-electron chi connectivity index (χ2n) is 7.65. The first kappa shape index (κ1) is 19.2. The van der Waals surface area contributed by atoms with Crippen LogP contribution in [0.15, 0.2) is 42.5 Å². The van der Waals surface area contributed by atoms with E-state index in [2.05, 4.69) is 29.2 Å². The van der Waals surface area contributed by atoms with Gasteiger partial charge in [0.15, 0.2) is 5.78 Å². The first-order valence-electron chi connectivity index (χ1n) is 9.83. The number of nitrogens with zero attached hydrogens (tertiary/aromatic N) is 1. The van der Waals surface area contributed by atoms with Gasteiger partial charge in [-0.15, -0.1) is 0 Å². The number of esters is 1. The highest BCUT2D eigenvalue weighted by atomic mass is 35.5. The molecule has 0 saturated heterocycles. The maximum absolute atomic E-state index is 13.3. The van der Waals surface area contributed by atoms with Crippen molar-refractivity contribution in [2.24, 2.45) is 5.41 Å². The Kier molecular flexibility index (Phi) is 5.26. The maximum Gasteiger partial charge on any atom is 0.320 e. The Morgan fingerprint density at radius 2 is 1.96 bits per heavy atom. The lowest BCUT2D eigenvalue weighted by Gasteiger charge is -2.32. The molecule has 1 unspecified atom stereocenters. The summed E-state index contributed by atoms with van der Waals surface area (Å²) in [7, 11) is 0. The van der Waals surface area contributed by atoms with E-state index in [1.54, 1.807) is 25.1 Å². The van der Waals surface area contributed by atoms with Gasteiger partial charge in [0, 0.05) is 30.2 Å². The highest BCUT2D eigenvalue weighted by molar-refractivity contribution is 6.31. The average molecular weight is 398 g/mol. The van der Waals surface area contributed by atoms with Crippen molar-refractivity contribution in [3.63, 3.8) is 0 Å². The van der Waals surface area contributed by atoms with Crippen LogP contribution in [0.3, 0.4) is 0 Å². The molecule has 2 aromatic carbocycles. The number of hydrogen-bond acceptors (Lipinski definition) is 4. The summed E-state index contributed by atoms with van der Waals surface area (Å²) >= 11 is 6.12. The zero-order chi connectivity index (χ0) is 19.7. The first-order valence-corrected chi connectivity index (χ1v) is 10.2. The van der Waals surface area contributed by atoms with Crippen molar-refractivity contribution in [1.82, 2.24) is 4.90 Å². The van der Waals surface area contributed by atoms with Crippen LogP contribution >= 0.6 is 11.6 Å². The molecule has 2 aromatic rings. The summed E-state index contributed by atoms with van der Waals surface area (Å²) in [4.78, 5) is 28.5. The van der Waals surface area contributed by atoms with Crippen LogP contribution in [0.1, 0.15) is 40.4 Å². The van der Waals surface area contributed by atoms with E-state index in [0.29, 0.717) is 30.0 Å². The summed E-state index contributed by atoms with van der Waals surface area (Å²) < 4.78 is 5.35. The van der Waals surface area contributed by atoms with Crippen molar-refractivity contribution in [2.75, 3.05) is 19.7 Å². The summed E-state index contributed by atoms with van der Waals surface area (Å²) in [5.41, 5.74) is 3.01. The van der Waals surface area contributed by atoms with Gasteiger partial charge in [-0.3, -0.25) is 14.5 Å². The van der Waals surface area contributed by atoms with Crippen molar-refractivity contribution in [2.45, 2.75) is 32.7 Å². The molecule has 5 heteroatoms. The number of benzene rings is 2. The average Bonchev–Trinajstić information content (AvgIpc) is 2.98. The minimum Gasteiger partial charge on any atom is -0.465 e. The Hall–Kier alpha value is -2.17. The molecule has 0 amide bonds. The molecule has 0 fully saturated rings. The predicted octanol–water partition coefficient (Wildman–Crippen LogP) is 4.08. The third kappa shape index (κ3) is 3.36. The van der Waals surface area contributed by atoms with Crippen molar-refractivity contribution >= 4 is 23.4 Å². The molecule has 0 radical (unpaired) electrons. The van der Waals surface area contributed by atoms with E-state index in [4.69, 9.17) is 16.3 Å². The number of carbonyl (C=O) groups is 2. The van der Waals surface area contributed by atoms with Crippen LogP contribution in [0.4, 0.5) is 0 Å². The van der Waals surface area contributed by atoms with Gasteiger partial charge < -0.3 is 4.74 Å². The molecule has 0 N–H and O–H groups in total. The van der Waals surface area contributed by atoms with Gasteiger partial charge in [0.1, 0.15) is 5.41 Å². The Morgan fingerprint density at radius 1 is 1.18 bits per heavy atom. The van der Waals surface area contributed by atoms with Crippen molar-refractivity contribution in [3.05, 3.63) is 69.7 Å². The van der Waals surface area contributed by atoms with Gasteiger partial charge in [0.2, 0.25) is 0 Å². The zero-order valence-corrected chi connectivity index (χ0v) is 16.8. The van der Waals surface area contributed by atoms with Gasteiger partial charge in [0.05, 0.1) is 6.61 Å². The highest BCUT2D eigenvalue weighted by Gasteiger charge is 2.52. The number of ether oxygens (including phenoxy) is 1. The van der Waals surface area contributed by atoms with Crippen molar-refractivity contribution in [3.8, 4) is 0 Å². The Labute approximate surface area is 170 Å². The quantitative estimate of drug-likeness (QED) is 0.563. The molecule has 1 heterocycles. The molecule has 1 aliphatic heterocycles. The number of hydrogen-bond donors (Lipinski definition) is 0. The van der Waals surface area contributed by atoms with Crippen LogP contribution in [-0.4, -0.2) is 36.3 Å². The van der Waals surface area contributed by atoms with E-state index >= 15 is 0 Å². The van der Waals surface area contributed by atoms with Crippen LogP contribution in [0.2, 0.25) is 5.02 Å². The number of halogens is 1. The van der Waals surface area contributed by atoms with Gasteiger partial charge in [0.25, 0.3) is 0 Å². The Bertz CT molecular complexity index is 926. The number of ketones is 1. The monoisotopic (exact) mass is 397 g/mol. The minimum absolute atomic E-state index is 0.130. The van der Waals surface area contributed by atoms with Crippen LogP contribution in [0.5, 0.6) is 0 Å². The number of fused-ring (bicyclic) bond motifs is 2. The molecule has 0 aromatic heterocycles. The highest BCUT2D eigenvalue weighted by Crippen LogP contribution is 2.42. The molecule has 0 saturated carbocycles. The van der Waals surface area contributed by atoms with Gasteiger partial charge >= 0.3 is 5.97 Å². The Morgan fingerprint density at radius 3 is 2.75 bits per heavy atom. The summed E-state index contributed by atoms with van der Waals surface area (Å²) in [6, 6.07) is 13.7. The molecule has 2 aliphatic rings. The van der Waals surface area contributed by atoms with Gasteiger partial charge in [-0.1, -0.05) is 35.9 Å². The van der Waals surface area contributed by atoms with Gasteiger partial charge in [-0.25, -0.2) is 0 Å². The zero-order valence-electron chi connectivity index (χ0n) is 16.0. The van der Waals surface area contributed by atoms with E-state index < -0.39 is 11.4 Å². The molecule has 1 atom stereocenters. The lowest BCUT2D eigenvalue weighted by atomic mass is 9.80. The van der Waals surface area contributed by atoms with Crippen LogP contribution in [0.25, 0.3) is 0 Å². The topological polar surface area (TPSA) is 46.6 Å². The predicted molar refractivity (Wildman–Crippen MR) is 109 cm³/mol. The molecule has 1 aliphatic carbocycles. The Balaban J connectivity index is 1.55. The standard InChI is InChI=1S/C23H24ClNO3/c1-2-28-22(27)23(14-18-13-19(24)7-8-20(18)21(23)26)10-12-25-11-9-16-5-3-4-6-17(16)15-25/h3-8,13H,2,9-12,14-15H2,1H3. The fourth-order valence-corrected chi connectivity index (χ4v) is 4.62. The van der Waals surface area contributed by atoms with E-state index in [9.17, 15) is 9.59 Å². The third-order valence-electron chi connectivity index (χ3n) is 5.97. The smallest absolute Gasteiger partial charge is 0.320 e. The summed E-state index contributed by atoms with van der Waals surface area (Å²) in [6.45, 7) is 4.50. The third-order valence-corrected chi connectivity index (χ3v) is 6.20. The second-order valence-corrected chi connectivity index (χ2v) is 8.09. The fraction of sp³-hybridized carbons (Fsp3) is 0.391. The second kappa shape index (κ2) is 7.69. The molecular weight excluding hydrogens is 374 g/mol. The fourth-order valence-electron chi connectivity index (χ4n) is 4.43. The van der Waals surface area contributed by atoms with Crippen LogP contribution in [0, 0.1) is 5.41 Å². The summed E-state index contributed by atoms with van der Waals surface area (Å²) in [5.74, 6) is -0.542. The largest absolute Gasteiger partial charge is 0.465 e. The van der Waals surface area contributed by atoms with Gasteiger partial charge in [-0.2, -0.15) is 0 Å². The molecule has 0 spiro atoms. The first-order chi connectivity index (χ1) is 13.5. The number of Topliss-reactive ketones (excluding diaryl/α,β-unsaturated/α-hetero) is 1. The van der Waals surface area contributed by atoms with E-state index in [-0.39, 0.29) is 12.4 Å². The molecule has 4 rings (SSSR count).